The van der Waals surface area contributed by atoms with Crippen molar-refractivity contribution in [2.24, 2.45) is 0 Å². The van der Waals surface area contributed by atoms with E-state index >= 15 is 0 Å². The molecule has 0 heterocycles. The van der Waals surface area contributed by atoms with Crippen LogP contribution in [-0.2, 0) is 0 Å². The predicted molar refractivity (Wildman–Crippen MR) is 20.9 cm³/mol. The zero-order valence-electron chi connectivity index (χ0n) is 3.33. The van der Waals surface area contributed by atoms with E-state index < -0.39 is 12.2 Å². The van der Waals surface area contributed by atoms with Crippen molar-refractivity contribution < 1.29 is 10.2 Å². The summed E-state index contributed by atoms with van der Waals surface area (Å²) >= 11 is 0. The molecule has 0 aliphatic heterocycles. The van der Waals surface area contributed by atoms with Crippen molar-refractivity contribution in [1.29, 1.82) is 0 Å². The molecule has 0 aromatic rings. The number of aliphatic hydroxyl groups excluding tert-OH is 2. The molecule has 35 valence electrons. The van der Waals surface area contributed by atoms with Crippen molar-refractivity contribution in [3.05, 3.63) is 6.42 Å². The minimum Gasteiger partial charge on any atom is -0.390 e. The van der Waals surface area contributed by atoms with E-state index in [1.165, 1.54) is 0 Å². The van der Waals surface area contributed by atoms with E-state index in [2.05, 4.69) is 0 Å². The maximum atomic E-state index is 8.44. The highest BCUT2D eigenvalue weighted by Crippen LogP contribution is 2.16. The molecular weight excluding hydrogens is 80.0 g/mol. The average molecular weight is 87.1 g/mol. The Kier molecular flexibility index (Phi) is 0.821. The maximum Gasteiger partial charge on any atom is 0.0831 e. The first-order chi connectivity index (χ1) is 2.80. The lowest BCUT2D eigenvalue weighted by molar-refractivity contribution is -0.00951. The molecule has 2 atom stereocenters. The van der Waals surface area contributed by atoms with Crippen LogP contribution in [0.2, 0.25) is 0 Å². The van der Waals surface area contributed by atoms with E-state index in [9.17, 15) is 0 Å². The second kappa shape index (κ2) is 1.21. The van der Waals surface area contributed by atoms with Crippen LogP contribution < -0.4 is 0 Å². The normalized spacial score (nSPS) is 45.0. The number of hydrogen-bond acceptors (Lipinski definition) is 2. The standard InChI is InChI=1S/C4H7O2/c5-3-1-2-4(3)6/h1,3-6H,2H2. The van der Waals surface area contributed by atoms with Crippen molar-refractivity contribution in [2.75, 3.05) is 0 Å². The maximum absolute atomic E-state index is 8.44. The van der Waals surface area contributed by atoms with Gasteiger partial charge in [0.1, 0.15) is 0 Å². The molecule has 1 fully saturated rings. The van der Waals surface area contributed by atoms with Gasteiger partial charge in [-0.25, -0.2) is 0 Å². The van der Waals surface area contributed by atoms with Crippen molar-refractivity contribution in [2.45, 2.75) is 18.6 Å². The van der Waals surface area contributed by atoms with Crippen molar-refractivity contribution in [1.82, 2.24) is 0 Å². The molecular formula is C4H7O2. The average Bonchev–Trinajstić information content (AvgIpc) is 1.61. The number of rotatable bonds is 0. The predicted octanol–water partition coefficient (Wildman–Crippen LogP) is -0.684. The van der Waals surface area contributed by atoms with Crippen LogP contribution in [0.5, 0.6) is 0 Å². The first-order valence-electron chi connectivity index (χ1n) is 2.00. The van der Waals surface area contributed by atoms with Crippen LogP contribution in [0.1, 0.15) is 6.42 Å². The lowest BCUT2D eigenvalue weighted by atomic mass is 9.93. The third-order valence-electron chi connectivity index (χ3n) is 1.01. The molecule has 6 heavy (non-hydrogen) atoms. The molecule has 0 amide bonds. The zero-order chi connectivity index (χ0) is 4.57. The Balaban J connectivity index is 2.20. The fraction of sp³-hybridized carbons (Fsp3) is 0.750. The Morgan fingerprint density at radius 1 is 1.50 bits per heavy atom. The van der Waals surface area contributed by atoms with Crippen LogP contribution in [-0.4, -0.2) is 22.4 Å². The molecule has 1 radical (unpaired) electrons. The summed E-state index contributed by atoms with van der Waals surface area (Å²) in [5.74, 6) is 0. The van der Waals surface area contributed by atoms with E-state index in [0.717, 1.165) is 0 Å². The van der Waals surface area contributed by atoms with E-state index in [-0.39, 0.29) is 0 Å². The van der Waals surface area contributed by atoms with Crippen LogP contribution in [0.4, 0.5) is 0 Å². The SMILES string of the molecule is OC1[CH]CC1O. The van der Waals surface area contributed by atoms with Gasteiger partial charge in [-0.15, -0.1) is 0 Å². The summed E-state index contributed by atoms with van der Waals surface area (Å²) in [4.78, 5) is 0. The summed E-state index contributed by atoms with van der Waals surface area (Å²) in [6.45, 7) is 0. The molecule has 0 spiro atoms. The summed E-state index contributed by atoms with van der Waals surface area (Å²) in [5.41, 5.74) is 0. The van der Waals surface area contributed by atoms with Crippen LogP contribution >= 0.6 is 0 Å². The molecule has 0 saturated heterocycles. The minimum absolute atomic E-state index is 0.468. The fourth-order valence-corrected chi connectivity index (χ4v) is 0.380. The third kappa shape index (κ3) is 0.420. The smallest absolute Gasteiger partial charge is 0.0831 e. The number of aliphatic hydroxyl groups is 2. The summed E-state index contributed by atoms with van der Waals surface area (Å²) < 4.78 is 0. The topological polar surface area (TPSA) is 40.5 Å². The molecule has 1 rings (SSSR count). The highest BCUT2D eigenvalue weighted by Gasteiger charge is 2.25. The van der Waals surface area contributed by atoms with E-state index in [0.29, 0.717) is 6.42 Å². The molecule has 2 nitrogen and oxygen atoms in total. The Morgan fingerprint density at radius 3 is 2.00 bits per heavy atom. The quantitative estimate of drug-likeness (QED) is 0.411. The molecule has 1 aliphatic rings. The molecule has 0 aromatic heterocycles. The van der Waals surface area contributed by atoms with Gasteiger partial charge in [-0.05, 0) is 12.8 Å². The van der Waals surface area contributed by atoms with Crippen LogP contribution in [0.3, 0.4) is 0 Å². The second-order valence-corrected chi connectivity index (χ2v) is 1.53. The summed E-state index contributed by atoms with van der Waals surface area (Å²) in [6.07, 6.45) is 1.32. The second-order valence-electron chi connectivity index (χ2n) is 1.53. The van der Waals surface area contributed by atoms with Crippen molar-refractivity contribution >= 4 is 0 Å². The molecule has 2 N–H and O–H groups in total. The van der Waals surface area contributed by atoms with Crippen LogP contribution in [0.15, 0.2) is 0 Å². The zero-order valence-corrected chi connectivity index (χ0v) is 3.33. The van der Waals surface area contributed by atoms with Crippen molar-refractivity contribution in [3.63, 3.8) is 0 Å². The Hall–Kier alpha value is -0.0800. The van der Waals surface area contributed by atoms with E-state index in [4.69, 9.17) is 10.2 Å². The minimum atomic E-state index is -0.537. The Bertz CT molecular complexity index is 45.5. The van der Waals surface area contributed by atoms with Gasteiger partial charge in [-0.1, -0.05) is 0 Å². The first-order valence-corrected chi connectivity index (χ1v) is 2.00. The molecule has 1 saturated carbocycles. The summed E-state index contributed by atoms with van der Waals surface area (Å²) in [6, 6.07) is 0. The van der Waals surface area contributed by atoms with Gasteiger partial charge in [0.2, 0.25) is 0 Å². The van der Waals surface area contributed by atoms with Gasteiger partial charge in [0.15, 0.2) is 0 Å². The molecule has 2 heteroatoms. The lowest BCUT2D eigenvalue weighted by Crippen LogP contribution is -2.36. The third-order valence-corrected chi connectivity index (χ3v) is 1.01. The van der Waals surface area contributed by atoms with Gasteiger partial charge >= 0.3 is 0 Å². The van der Waals surface area contributed by atoms with E-state index in [1.54, 1.807) is 6.42 Å². The highest BCUT2D eigenvalue weighted by atomic mass is 16.3. The fourth-order valence-electron chi connectivity index (χ4n) is 0.380. The monoisotopic (exact) mass is 87.0 g/mol. The molecule has 0 bridgehead atoms. The number of hydrogen-bond donors (Lipinski definition) is 2. The van der Waals surface area contributed by atoms with Gasteiger partial charge in [0.25, 0.3) is 0 Å². The van der Waals surface area contributed by atoms with Crippen LogP contribution in [0.25, 0.3) is 0 Å². The van der Waals surface area contributed by atoms with E-state index in [1.807, 2.05) is 0 Å². The van der Waals surface area contributed by atoms with Gasteiger partial charge < -0.3 is 10.2 Å². The lowest BCUT2D eigenvalue weighted by Gasteiger charge is -2.26. The Labute approximate surface area is 36.4 Å². The summed E-state index contributed by atoms with van der Waals surface area (Å²) in [7, 11) is 0. The molecule has 2 unspecified atom stereocenters. The highest BCUT2D eigenvalue weighted by molar-refractivity contribution is 4.95. The van der Waals surface area contributed by atoms with Gasteiger partial charge in [0.05, 0.1) is 12.2 Å². The molecule has 1 aliphatic carbocycles. The summed E-state index contributed by atoms with van der Waals surface area (Å²) in [5, 5.41) is 16.8. The van der Waals surface area contributed by atoms with Crippen molar-refractivity contribution in [3.8, 4) is 0 Å². The van der Waals surface area contributed by atoms with Gasteiger partial charge in [-0.2, -0.15) is 0 Å². The first kappa shape index (κ1) is 4.09. The largest absolute Gasteiger partial charge is 0.390 e. The van der Waals surface area contributed by atoms with Crippen LogP contribution in [0, 0.1) is 6.42 Å². The van der Waals surface area contributed by atoms with Gasteiger partial charge in [-0.3, -0.25) is 0 Å². The Morgan fingerprint density at radius 2 is 2.00 bits per heavy atom. The van der Waals surface area contributed by atoms with Gasteiger partial charge in [0, 0.05) is 0 Å². The molecule has 0 aromatic carbocycles.